The molecule has 2 unspecified atom stereocenters. The van der Waals surface area contributed by atoms with E-state index in [0.29, 0.717) is 6.04 Å². The van der Waals surface area contributed by atoms with Crippen LogP contribution >= 0.6 is 7.60 Å². The number of likely N-dealkylation sites (tertiary alicyclic amines) is 1. The molecule has 1 aliphatic rings. The molecular weight excluding hydrogens is 263 g/mol. The van der Waals surface area contributed by atoms with Crippen LogP contribution in [-0.4, -0.2) is 47.7 Å². The molecule has 0 aromatic rings. The van der Waals surface area contributed by atoms with Crippen LogP contribution in [0.15, 0.2) is 0 Å². The number of nitrogens with two attached hydrogens (primary N) is 1. The molecule has 3 N–H and O–H groups in total. The van der Waals surface area contributed by atoms with Crippen molar-refractivity contribution >= 4 is 7.60 Å². The van der Waals surface area contributed by atoms with Crippen LogP contribution in [-0.2, 0) is 9.09 Å². The number of hydrogen-bond donors (Lipinski definition) is 2. The van der Waals surface area contributed by atoms with Crippen LogP contribution in [0, 0.1) is 0 Å². The highest BCUT2D eigenvalue weighted by molar-refractivity contribution is 7.52. The van der Waals surface area contributed by atoms with Crippen LogP contribution in [0.5, 0.6) is 0 Å². The van der Waals surface area contributed by atoms with Crippen LogP contribution in [0.25, 0.3) is 0 Å². The van der Waals surface area contributed by atoms with Gasteiger partial charge in [0.15, 0.2) is 0 Å². The van der Waals surface area contributed by atoms with Crippen molar-refractivity contribution in [3.8, 4) is 0 Å². The lowest BCUT2D eigenvalue weighted by atomic mass is 10.1. The summed E-state index contributed by atoms with van der Waals surface area (Å²) >= 11 is 0. The minimum absolute atomic E-state index is 0.139. The van der Waals surface area contributed by atoms with E-state index in [0.717, 1.165) is 51.7 Å². The van der Waals surface area contributed by atoms with E-state index < -0.39 is 7.60 Å². The first-order chi connectivity index (χ1) is 8.93. The second-order valence-electron chi connectivity index (χ2n) is 5.57. The fourth-order valence-electron chi connectivity index (χ4n) is 2.23. The maximum Gasteiger partial charge on any atom is 0.328 e. The average Bonchev–Trinajstić information content (AvgIpc) is 2.36. The van der Waals surface area contributed by atoms with Crippen LogP contribution in [0.2, 0.25) is 0 Å². The van der Waals surface area contributed by atoms with E-state index >= 15 is 0 Å². The summed E-state index contributed by atoms with van der Waals surface area (Å²) in [7, 11) is -3.38. The Kier molecular flexibility index (Phi) is 7.55. The number of hydrogen-bond acceptors (Lipinski definition) is 4. The normalized spacial score (nSPS) is 23.2. The third kappa shape index (κ3) is 7.42. The molecule has 6 heteroatoms. The summed E-state index contributed by atoms with van der Waals surface area (Å²) in [5.41, 5.74) is 5.86. The summed E-state index contributed by atoms with van der Waals surface area (Å²) in [5.74, 6) is 0. The Morgan fingerprint density at radius 1 is 1.42 bits per heavy atom. The van der Waals surface area contributed by atoms with Gasteiger partial charge >= 0.3 is 7.60 Å². The molecule has 0 spiro atoms. The van der Waals surface area contributed by atoms with Gasteiger partial charge in [-0.2, -0.15) is 0 Å². The van der Waals surface area contributed by atoms with E-state index in [-0.39, 0.29) is 12.3 Å². The lowest BCUT2D eigenvalue weighted by molar-refractivity contribution is 0.183. The van der Waals surface area contributed by atoms with Gasteiger partial charge in [0.2, 0.25) is 0 Å². The first-order valence-electron chi connectivity index (χ1n) is 7.41. The zero-order chi connectivity index (χ0) is 14.3. The highest BCUT2D eigenvalue weighted by Crippen LogP contribution is 2.44. The molecule has 0 aliphatic carbocycles. The van der Waals surface area contributed by atoms with E-state index in [9.17, 15) is 9.46 Å². The van der Waals surface area contributed by atoms with Crippen molar-refractivity contribution in [1.29, 1.82) is 0 Å². The Balaban J connectivity index is 2.11. The van der Waals surface area contributed by atoms with Crippen molar-refractivity contribution in [2.24, 2.45) is 5.73 Å². The molecule has 1 saturated heterocycles. The minimum Gasteiger partial charge on any atom is -0.328 e. The molecule has 0 radical (unpaired) electrons. The van der Waals surface area contributed by atoms with Gasteiger partial charge in [-0.05, 0) is 58.7 Å². The Morgan fingerprint density at radius 3 is 2.63 bits per heavy atom. The fourth-order valence-corrected chi connectivity index (χ4v) is 3.67. The van der Waals surface area contributed by atoms with Crippen LogP contribution < -0.4 is 5.73 Å². The second kappa shape index (κ2) is 8.38. The molecule has 0 amide bonds. The number of rotatable bonds is 8. The van der Waals surface area contributed by atoms with Gasteiger partial charge in [-0.25, -0.2) is 0 Å². The molecule has 1 fully saturated rings. The number of unbranched alkanes of at least 4 members (excludes halogenated alkanes) is 1. The van der Waals surface area contributed by atoms with E-state index in [1.807, 2.05) is 13.8 Å². The first kappa shape index (κ1) is 17.1. The van der Waals surface area contributed by atoms with Gasteiger partial charge in [0.1, 0.15) is 0 Å². The summed E-state index contributed by atoms with van der Waals surface area (Å²) in [5, 5.41) is 0. The van der Waals surface area contributed by atoms with Gasteiger partial charge in [-0.3, -0.25) is 4.57 Å². The molecule has 5 nitrogen and oxygen atoms in total. The van der Waals surface area contributed by atoms with Crippen molar-refractivity contribution in [2.45, 2.75) is 58.1 Å². The van der Waals surface area contributed by atoms with Crippen molar-refractivity contribution < 1.29 is 14.0 Å². The summed E-state index contributed by atoms with van der Waals surface area (Å²) < 4.78 is 17.0. The molecule has 0 aromatic carbocycles. The third-order valence-electron chi connectivity index (χ3n) is 3.72. The maximum atomic E-state index is 11.8. The van der Waals surface area contributed by atoms with Crippen molar-refractivity contribution in [3.63, 3.8) is 0 Å². The largest absolute Gasteiger partial charge is 0.328 e. The Hall–Kier alpha value is 0.0700. The highest BCUT2D eigenvalue weighted by atomic mass is 31.2. The molecular formula is C13H29N2O3P. The SMILES string of the molecule is CCC(C)OP(=O)(O)CCCCN1CCC(N)CC1. The molecule has 0 aromatic heterocycles. The van der Waals surface area contributed by atoms with E-state index in [2.05, 4.69) is 4.90 Å². The summed E-state index contributed by atoms with van der Waals surface area (Å²) in [6.07, 6.45) is 4.71. The second-order valence-corrected chi connectivity index (χ2v) is 7.50. The lowest BCUT2D eigenvalue weighted by Crippen LogP contribution is -2.40. The zero-order valence-corrected chi connectivity index (χ0v) is 13.1. The smallest absolute Gasteiger partial charge is 0.328 e. The summed E-state index contributed by atoms with van der Waals surface area (Å²) in [6.45, 7) is 6.89. The average molecular weight is 292 g/mol. The van der Waals surface area contributed by atoms with Crippen molar-refractivity contribution in [2.75, 3.05) is 25.8 Å². The van der Waals surface area contributed by atoms with E-state index in [4.69, 9.17) is 10.3 Å². The molecule has 1 heterocycles. The molecule has 19 heavy (non-hydrogen) atoms. The number of nitrogens with zero attached hydrogens (tertiary/aromatic N) is 1. The Morgan fingerprint density at radius 2 is 2.05 bits per heavy atom. The predicted molar refractivity (Wildman–Crippen MR) is 78.4 cm³/mol. The standard InChI is InChI=1S/C13H29N2O3P/c1-3-12(2)18-19(16,17)11-5-4-8-15-9-6-13(14)7-10-15/h12-13H,3-11,14H2,1-2H3,(H,16,17). The van der Waals surface area contributed by atoms with Crippen molar-refractivity contribution in [3.05, 3.63) is 0 Å². The molecule has 114 valence electrons. The van der Waals surface area contributed by atoms with Crippen LogP contribution in [0.3, 0.4) is 0 Å². The molecule has 2 atom stereocenters. The molecule has 0 bridgehead atoms. The van der Waals surface area contributed by atoms with Gasteiger partial charge in [0.25, 0.3) is 0 Å². The summed E-state index contributed by atoms with van der Waals surface area (Å²) in [6, 6.07) is 0.359. The van der Waals surface area contributed by atoms with Crippen molar-refractivity contribution in [1.82, 2.24) is 4.90 Å². The van der Waals surface area contributed by atoms with Gasteiger partial charge in [0.05, 0.1) is 12.3 Å². The Labute approximate surface area is 117 Å². The monoisotopic (exact) mass is 292 g/mol. The van der Waals surface area contributed by atoms with Gasteiger partial charge in [-0.1, -0.05) is 6.92 Å². The Bertz CT molecular complexity index is 294. The van der Waals surface area contributed by atoms with Gasteiger partial charge in [-0.15, -0.1) is 0 Å². The maximum absolute atomic E-state index is 11.8. The predicted octanol–water partition coefficient (Wildman–Crippen LogP) is 2.19. The highest BCUT2D eigenvalue weighted by Gasteiger charge is 2.22. The van der Waals surface area contributed by atoms with Crippen LogP contribution in [0.1, 0.15) is 46.0 Å². The fraction of sp³-hybridized carbons (Fsp3) is 1.00. The molecule has 1 rings (SSSR count). The number of piperidine rings is 1. The quantitative estimate of drug-likeness (QED) is 0.530. The first-order valence-corrected chi connectivity index (χ1v) is 9.17. The topological polar surface area (TPSA) is 75.8 Å². The third-order valence-corrected chi connectivity index (χ3v) is 5.29. The van der Waals surface area contributed by atoms with Gasteiger partial charge < -0.3 is 20.1 Å². The zero-order valence-electron chi connectivity index (χ0n) is 12.3. The molecule has 1 aliphatic heterocycles. The molecule has 0 saturated carbocycles. The van der Waals surface area contributed by atoms with E-state index in [1.54, 1.807) is 0 Å². The minimum atomic E-state index is -3.38. The van der Waals surface area contributed by atoms with Crippen LogP contribution in [0.4, 0.5) is 0 Å². The van der Waals surface area contributed by atoms with E-state index in [1.165, 1.54) is 0 Å². The lowest BCUT2D eigenvalue weighted by Gasteiger charge is -2.30. The summed E-state index contributed by atoms with van der Waals surface area (Å²) in [4.78, 5) is 12.1. The van der Waals surface area contributed by atoms with Gasteiger partial charge in [0, 0.05) is 6.04 Å².